The molecule has 0 aromatic heterocycles. The Hall–Kier alpha value is -2.24. The molecule has 0 fully saturated rings. The molecule has 2 aromatic rings. The second-order valence-electron chi connectivity index (χ2n) is 11.4. The fraction of sp³-hybridized carbons (Fsp3) is 0.586. The number of unbranched alkanes of at least 4 members (excludes halogenated alkanes) is 5. The first kappa shape index (κ1) is 35.0. The molecule has 0 aliphatic heterocycles. The van der Waals surface area contributed by atoms with Crippen LogP contribution >= 0.6 is 0 Å². The summed E-state index contributed by atoms with van der Waals surface area (Å²) in [4.78, 5) is -0.0691. The van der Waals surface area contributed by atoms with E-state index in [0.29, 0.717) is 29.5 Å². The molecule has 0 saturated heterocycles. The summed E-state index contributed by atoms with van der Waals surface area (Å²) in [7, 11) is -1.57. The van der Waals surface area contributed by atoms with Crippen LogP contribution in [0.15, 0.2) is 0 Å². The molecule has 12 heteroatoms. The Labute approximate surface area is 235 Å². The van der Waals surface area contributed by atoms with E-state index in [0.717, 1.165) is 25.3 Å². The highest BCUT2D eigenvalue weighted by Crippen LogP contribution is 2.45. The quantitative estimate of drug-likeness (QED) is 0.0670. The lowest BCUT2D eigenvalue weighted by atomic mass is 10.1. The van der Waals surface area contributed by atoms with Gasteiger partial charge in [-0.1, -0.05) is 96.3 Å². The van der Waals surface area contributed by atoms with Gasteiger partial charge in [0.15, 0.2) is 46.5 Å². The van der Waals surface area contributed by atoms with Crippen molar-refractivity contribution in [1.29, 1.82) is 0 Å². The molecule has 0 amide bonds. The monoisotopic (exact) mass is 617 g/mol. The third kappa shape index (κ3) is 6.88. The predicted octanol–water partition coefficient (Wildman–Crippen LogP) is 11.2. The van der Waals surface area contributed by atoms with Gasteiger partial charge in [0.2, 0.25) is 11.6 Å². The van der Waals surface area contributed by atoms with E-state index in [1.54, 1.807) is 0 Å². The Balaban J connectivity index is 2.23. The molecule has 2 aromatic carbocycles. The third-order valence-corrected chi connectivity index (χ3v) is 16.0. The molecule has 0 bridgehead atoms. The Morgan fingerprint density at radius 1 is 0.415 bits per heavy atom. The summed E-state index contributed by atoms with van der Waals surface area (Å²) in [5.41, 5.74) is -1.78. The van der Waals surface area contributed by atoms with Crippen molar-refractivity contribution in [2.24, 2.45) is 0 Å². The number of halogens is 10. The fourth-order valence-electron chi connectivity index (χ4n) is 6.27. The molecule has 0 aliphatic rings. The molecular weight excluding hydrogens is 580 g/mol. The normalized spacial score (nSPS) is 12.4. The Bertz CT molecular complexity index is 1070. The second-order valence-corrected chi connectivity index (χ2v) is 17.6. The molecule has 41 heavy (non-hydrogen) atoms. The van der Waals surface area contributed by atoms with Gasteiger partial charge in [-0.15, -0.1) is 0 Å². The van der Waals surface area contributed by atoms with Gasteiger partial charge in [-0.05, 0) is 6.42 Å². The van der Waals surface area contributed by atoms with Crippen LogP contribution in [-0.4, -0.2) is 14.6 Å². The first-order valence-corrected chi connectivity index (χ1v) is 16.3. The number of rotatable bonds is 14. The van der Waals surface area contributed by atoms with Crippen molar-refractivity contribution in [3.05, 3.63) is 58.2 Å². The van der Waals surface area contributed by atoms with Crippen LogP contribution < -0.4 is 4.90 Å². The minimum Gasteiger partial charge on any atom is -0.332 e. The highest BCUT2D eigenvalue weighted by atomic mass is 28.3. The van der Waals surface area contributed by atoms with E-state index in [2.05, 4.69) is 41.5 Å². The summed E-state index contributed by atoms with van der Waals surface area (Å²) >= 11 is 0. The smallest absolute Gasteiger partial charge is 0.200 e. The van der Waals surface area contributed by atoms with E-state index in [1.807, 2.05) is 0 Å². The van der Waals surface area contributed by atoms with Gasteiger partial charge >= 0.3 is 0 Å². The van der Waals surface area contributed by atoms with E-state index in [9.17, 15) is 43.9 Å². The molecule has 0 atom stereocenters. The highest BCUT2D eigenvalue weighted by molar-refractivity contribution is 6.83. The summed E-state index contributed by atoms with van der Waals surface area (Å²) < 4.78 is 141. The molecule has 0 aliphatic carbocycles. The first-order valence-electron chi connectivity index (χ1n) is 13.8. The van der Waals surface area contributed by atoms with Gasteiger partial charge in [0.1, 0.15) is 11.4 Å². The van der Waals surface area contributed by atoms with Crippen molar-refractivity contribution in [1.82, 2.24) is 0 Å². The minimum atomic E-state index is -2.53. The van der Waals surface area contributed by atoms with Crippen molar-refractivity contribution in [2.75, 3.05) is 11.4 Å². The fourth-order valence-corrected chi connectivity index (χ4v) is 12.9. The van der Waals surface area contributed by atoms with Crippen LogP contribution in [-0.2, 0) is 0 Å². The molecule has 0 heterocycles. The van der Waals surface area contributed by atoms with Crippen LogP contribution in [0.1, 0.15) is 80.1 Å². The lowest BCUT2D eigenvalue weighted by molar-refractivity contribution is 0.372. The van der Waals surface area contributed by atoms with Crippen LogP contribution in [0.4, 0.5) is 55.3 Å². The van der Waals surface area contributed by atoms with Crippen LogP contribution in [0, 0.1) is 58.2 Å². The Kier molecular flexibility index (Phi) is 12.2. The first-order chi connectivity index (χ1) is 19.0. The molecule has 2 rings (SSSR count). The number of hydrogen-bond acceptors (Lipinski definition) is 1. The standard InChI is InChI=1S/C29H37F10NSi/c1-15(2)41(16(3)4,17(5)6)14-12-10-8-7-9-11-13-40(28-24(36)20(32)18(30)21(33)25(28)37)29-26(38)22(34)19(31)23(35)27(29)39/h15-17H,7-14H2,1-6H3. The topological polar surface area (TPSA) is 3.24 Å². The zero-order valence-electron chi connectivity index (χ0n) is 24.1. The van der Waals surface area contributed by atoms with Crippen molar-refractivity contribution in [3.8, 4) is 0 Å². The van der Waals surface area contributed by atoms with Gasteiger partial charge in [0.25, 0.3) is 0 Å². The van der Waals surface area contributed by atoms with Crippen LogP contribution in [0.5, 0.6) is 0 Å². The molecule has 0 spiro atoms. The predicted molar refractivity (Wildman–Crippen MR) is 143 cm³/mol. The number of nitrogens with zero attached hydrogens (tertiary/aromatic N) is 1. The van der Waals surface area contributed by atoms with Gasteiger partial charge in [0, 0.05) is 6.54 Å². The average Bonchev–Trinajstić information content (AvgIpc) is 2.91. The minimum absolute atomic E-state index is 0.0691. The van der Waals surface area contributed by atoms with E-state index < -0.39 is 84.2 Å². The lowest BCUT2D eigenvalue weighted by Crippen LogP contribution is -2.44. The zero-order valence-corrected chi connectivity index (χ0v) is 25.1. The molecular formula is C29H37F10NSi. The second kappa shape index (κ2) is 14.3. The summed E-state index contributed by atoms with van der Waals surface area (Å²) in [6.45, 7) is 12.8. The number of benzene rings is 2. The summed E-state index contributed by atoms with van der Waals surface area (Å²) in [5, 5.41) is 0. The number of anilines is 2. The van der Waals surface area contributed by atoms with E-state index in [1.165, 1.54) is 0 Å². The van der Waals surface area contributed by atoms with Crippen LogP contribution in [0.3, 0.4) is 0 Å². The SMILES string of the molecule is CC(C)[Si](CCCCCCCCN(c1c(F)c(F)c(F)c(F)c1F)c1c(F)c(F)c(F)c(F)c1F)(C(C)C)C(C)C. The van der Waals surface area contributed by atoms with Crippen LogP contribution in [0.25, 0.3) is 0 Å². The van der Waals surface area contributed by atoms with Gasteiger partial charge in [0.05, 0.1) is 8.07 Å². The summed E-state index contributed by atoms with van der Waals surface area (Å²) in [5.74, 6) is -24.6. The van der Waals surface area contributed by atoms with Crippen molar-refractivity contribution in [3.63, 3.8) is 0 Å². The average molecular weight is 618 g/mol. The van der Waals surface area contributed by atoms with Gasteiger partial charge in [-0.2, -0.15) is 0 Å². The molecule has 0 radical (unpaired) electrons. The van der Waals surface area contributed by atoms with Gasteiger partial charge < -0.3 is 4.90 Å². The maximum Gasteiger partial charge on any atom is 0.200 e. The zero-order chi connectivity index (χ0) is 31.4. The van der Waals surface area contributed by atoms with Crippen molar-refractivity contribution < 1.29 is 43.9 Å². The molecule has 1 nitrogen and oxygen atoms in total. The van der Waals surface area contributed by atoms with E-state index in [4.69, 9.17) is 0 Å². The molecule has 0 N–H and O–H groups in total. The Morgan fingerprint density at radius 3 is 1.00 bits per heavy atom. The largest absolute Gasteiger partial charge is 0.332 e. The molecule has 232 valence electrons. The highest BCUT2D eigenvalue weighted by Gasteiger charge is 2.41. The lowest BCUT2D eigenvalue weighted by Gasteiger charge is -2.43. The van der Waals surface area contributed by atoms with E-state index >= 15 is 0 Å². The maximum atomic E-state index is 14.6. The maximum absolute atomic E-state index is 14.6. The van der Waals surface area contributed by atoms with Gasteiger partial charge in [-0.25, -0.2) is 43.9 Å². The van der Waals surface area contributed by atoms with Gasteiger partial charge in [-0.3, -0.25) is 0 Å². The molecule has 0 unspecified atom stereocenters. The van der Waals surface area contributed by atoms with Crippen molar-refractivity contribution >= 4 is 19.4 Å². The van der Waals surface area contributed by atoms with Crippen molar-refractivity contribution in [2.45, 2.75) is 103 Å². The van der Waals surface area contributed by atoms with Crippen LogP contribution in [0.2, 0.25) is 22.7 Å². The van der Waals surface area contributed by atoms with E-state index in [-0.39, 0.29) is 11.3 Å². The number of hydrogen-bond donors (Lipinski definition) is 0. The Morgan fingerprint density at radius 2 is 0.683 bits per heavy atom. The third-order valence-electron chi connectivity index (χ3n) is 8.38. The summed E-state index contributed by atoms with van der Waals surface area (Å²) in [6, 6.07) is 1.15. The summed E-state index contributed by atoms with van der Waals surface area (Å²) in [6.07, 6.45) is 3.43. The molecule has 0 saturated carbocycles.